The van der Waals surface area contributed by atoms with Crippen molar-refractivity contribution < 1.29 is 14.6 Å². The molecule has 0 spiro atoms. The monoisotopic (exact) mass is 264 g/mol. The average molecular weight is 264 g/mol. The SMILES string of the molecule is CN(Cc1cccc(O)c1)C(=O)C1CCC(CN)O1. The number of hydrogen-bond donors (Lipinski definition) is 2. The van der Waals surface area contributed by atoms with Crippen molar-refractivity contribution in [2.75, 3.05) is 13.6 Å². The Morgan fingerprint density at radius 1 is 1.53 bits per heavy atom. The molecule has 1 heterocycles. The Labute approximate surface area is 113 Å². The molecule has 1 aromatic rings. The molecule has 1 aliphatic heterocycles. The molecule has 104 valence electrons. The molecule has 5 nitrogen and oxygen atoms in total. The van der Waals surface area contributed by atoms with Crippen LogP contribution in [0.2, 0.25) is 0 Å². The second kappa shape index (κ2) is 6.04. The lowest BCUT2D eigenvalue weighted by Crippen LogP contribution is -2.36. The Hall–Kier alpha value is -1.59. The molecule has 5 heteroatoms. The van der Waals surface area contributed by atoms with Crippen LogP contribution in [0.3, 0.4) is 0 Å². The number of nitrogens with zero attached hydrogens (tertiary/aromatic N) is 1. The van der Waals surface area contributed by atoms with Gasteiger partial charge in [-0.2, -0.15) is 0 Å². The molecule has 19 heavy (non-hydrogen) atoms. The number of ether oxygens (including phenoxy) is 1. The fourth-order valence-corrected chi connectivity index (χ4v) is 2.31. The third-order valence-corrected chi connectivity index (χ3v) is 3.35. The van der Waals surface area contributed by atoms with Gasteiger partial charge in [0.2, 0.25) is 0 Å². The summed E-state index contributed by atoms with van der Waals surface area (Å²) in [5.74, 6) is 0.179. The number of likely N-dealkylation sites (N-methyl/N-ethyl adjacent to an activating group) is 1. The van der Waals surface area contributed by atoms with E-state index in [4.69, 9.17) is 10.5 Å². The minimum atomic E-state index is -0.379. The molecule has 2 rings (SSSR count). The fourth-order valence-electron chi connectivity index (χ4n) is 2.31. The van der Waals surface area contributed by atoms with Crippen molar-refractivity contribution in [3.8, 4) is 5.75 Å². The van der Waals surface area contributed by atoms with Crippen molar-refractivity contribution in [2.45, 2.75) is 31.6 Å². The summed E-state index contributed by atoms with van der Waals surface area (Å²) in [7, 11) is 1.74. The molecule has 1 amide bonds. The minimum absolute atomic E-state index is 0.00289. The minimum Gasteiger partial charge on any atom is -0.508 e. The molecular formula is C14H20N2O3. The number of carbonyl (C=O) groups is 1. The predicted octanol–water partition coefficient (Wildman–Crippen LogP) is 0.857. The van der Waals surface area contributed by atoms with Crippen molar-refractivity contribution in [1.29, 1.82) is 0 Å². The van der Waals surface area contributed by atoms with Gasteiger partial charge in [0.25, 0.3) is 5.91 Å². The summed E-state index contributed by atoms with van der Waals surface area (Å²) in [4.78, 5) is 13.8. The van der Waals surface area contributed by atoms with Crippen LogP contribution in [-0.4, -0.2) is 41.7 Å². The van der Waals surface area contributed by atoms with Crippen LogP contribution in [0.5, 0.6) is 5.75 Å². The quantitative estimate of drug-likeness (QED) is 0.845. The number of hydrogen-bond acceptors (Lipinski definition) is 4. The Balaban J connectivity index is 1.93. The van der Waals surface area contributed by atoms with E-state index in [9.17, 15) is 9.90 Å². The lowest BCUT2D eigenvalue weighted by molar-refractivity contribution is -0.141. The lowest BCUT2D eigenvalue weighted by atomic mass is 10.1. The number of nitrogens with two attached hydrogens (primary N) is 1. The van der Waals surface area contributed by atoms with Crippen LogP contribution in [0.4, 0.5) is 0 Å². The van der Waals surface area contributed by atoms with E-state index in [1.54, 1.807) is 30.1 Å². The standard InChI is InChI=1S/C14H20N2O3/c1-16(9-10-3-2-4-11(17)7-10)14(18)13-6-5-12(8-15)19-13/h2-4,7,12-13,17H,5-6,8-9,15H2,1H3. The summed E-state index contributed by atoms with van der Waals surface area (Å²) in [5, 5.41) is 9.40. The topological polar surface area (TPSA) is 75.8 Å². The fraction of sp³-hybridized carbons (Fsp3) is 0.500. The van der Waals surface area contributed by atoms with Gasteiger partial charge in [-0.25, -0.2) is 0 Å². The van der Waals surface area contributed by atoms with E-state index in [-0.39, 0.29) is 23.9 Å². The van der Waals surface area contributed by atoms with Gasteiger partial charge >= 0.3 is 0 Å². The number of phenols is 1. The summed E-state index contributed by atoms with van der Waals surface area (Å²) < 4.78 is 5.59. The van der Waals surface area contributed by atoms with Crippen LogP contribution in [-0.2, 0) is 16.1 Å². The highest BCUT2D eigenvalue weighted by atomic mass is 16.5. The van der Waals surface area contributed by atoms with Crippen LogP contribution in [0.25, 0.3) is 0 Å². The van der Waals surface area contributed by atoms with E-state index < -0.39 is 0 Å². The van der Waals surface area contributed by atoms with Crippen molar-refractivity contribution >= 4 is 5.91 Å². The molecule has 0 bridgehead atoms. The molecule has 1 fully saturated rings. The van der Waals surface area contributed by atoms with Crippen LogP contribution >= 0.6 is 0 Å². The first-order chi connectivity index (χ1) is 9.10. The van der Waals surface area contributed by atoms with Gasteiger partial charge < -0.3 is 20.5 Å². The van der Waals surface area contributed by atoms with Crippen molar-refractivity contribution in [1.82, 2.24) is 4.90 Å². The number of phenolic OH excluding ortho intramolecular Hbond substituents is 1. The first kappa shape index (κ1) is 13.8. The molecule has 2 unspecified atom stereocenters. The molecule has 3 N–H and O–H groups in total. The number of benzene rings is 1. The van der Waals surface area contributed by atoms with Gasteiger partial charge in [-0.15, -0.1) is 0 Å². The molecule has 0 radical (unpaired) electrons. The average Bonchev–Trinajstić information content (AvgIpc) is 2.86. The van der Waals surface area contributed by atoms with E-state index in [0.717, 1.165) is 18.4 Å². The number of carbonyl (C=O) groups excluding carboxylic acids is 1. The Kier molecular flexibility index (Phi) is 4.39. The van der Waals surface area contributed by atoms with Gasteiger partial charge in [0.1, 0.15) is 11.9 Å². The summed E-state index contributed by atoms with van der Waals surface area (Å²) >= 11 is 0. The van der Waals surface area contributed by atoms with Crippen LogP contribution in [0, 0.1) is 0 Å². The lowest BCUT2D eigenvalue weighted by Gasteiger charge is -2.21. The predicted molar refractivity (Wildman–Crippen MR) is 71.5 cm³/mol. The van der Waals surface area contributed by atoms with Crippen LogP contribution in [0.1, 0.15) is 18.4 Å². The number of rotatable bonds is 4. The molecule has 0 aromatic heterocycles. The summed E-state index contributed by atoms with van der Waals surface area (Å²) in [6.07, 6.45) is 1.19. The highest BCUT2D eigenvalue weighted by molar-refractivity contribution is 5.81. The molecular weight excluding hydrogens is 244 g/mol. The molecule has 1 aliphatic rings. The maximum absolute atomic E-state index is 12.2. The van der Waals surface area contributed by atoms with Gasteiger partial charge in [-0.3, -0.25) is 4.79 Å². The van der Waals surface area contributed by atoms with Gasteiger partial charge in [-0.1, -0.05) is 12.1 Å². The Morgan fingerprint density at radius 3 is 2.95 bits per heavy atom. The van der Waals surface area contributed by atoms with E-state index in [1.165, 1.54) is 0 Å². The van der Waals surface area contributed by atoms with E-state index in [0.29, 0.717) is 13.1 Å². The van der Waals surface area contributed by atoms with E-state index in [2.05, 4.69) is 0 Å². The first-order valence-electron chi connectivity index (χ1n) is 6.48. The molecule has 1 aromatic carbocycles. The maximum atomic E-state index is 12.2. The zero-order chi connectivity index (χ0) is 13.8. The van der Waals surface area contributed by atoms with Gasteiger partial charge in [0.05, 0.1) is 6.10 Å². The Bertz CT molecular complexity index is 450. The molecule has 2 atom stereocenters. The van der Waals surface area contributed by atoms with Gasteiger partial charge in [0, 0.05) is 20.1 Å². The maximum Gasteiger partial charge on any atom is 0.251 e. The first-order valence-corrected chi connectivity index (χ1v) is 6.48. The van der Waals surface area contributed by atoms with Gasteiger partial charge in [-0.05, 0) is 30.5 Å². The van der Waals surface area contributed by atoms with Crippen LogP contribution in [0.15, 0.2) is 24.3 Å². The summed E-state index contributed by atoms with van der Waals surface area (Å²) in [6.45, 7) is 0.917. The summed E-state index contributed by atoms with van der Waals surface area (Å²) in [6, 6.07) is 6.90. The molecule has 0 saturated carbocycles. The smallest absolute Gasteiger partial charge is 0.251 e. The highest BCUT2D eigenvalue weighted by Crippen LogP contribution is 2.21. The van der Waals surface area contributed by atoms with E-state index in [1.807, 2.05) is 6.07 Å². The highest BCUT2D eigenvalue weighted by Gasteiger charge is 2.31. The normalized spacial score (nSPS) is 22.4. The number of aromatic hydroxyl groups is 1. The van der Waals surface area contributed by atoms with Crippen LogP contribution < -0.4 is 5.73 Å². The van der Waals surface area contributed by atoms with Crippen molar-refractivity contribution in [2.24, 2.45) is 5.73 Å². The van der Waals surface area contributed by atoms with Crippen molar-refractivity contribution in [3.05, 3.63) is 29.8 Å². The zero-order valence-electron chi connectivity index (χ0n) is 11.1. The van der Waals surface area contributed by atoms with Gasteiger partial charge in [0.15, 0.2) is 0 Å². The second-order valence-corrected chi connectivity index (χ2v) is 4.92. The third-order valence-electron chi connectivity index (χ3n) is 3.35. The zero-order valence-corrected chi connectivity index (χ0v) is 11.1. The molecule has 1 saturated heterocycles. The summed E-state index contributed by atoms with van der Waals surface area (Å²) in [5.41, 5.74) is 6.43. The third kappa shape index (κ3) is 3.45. The molecule has 0 aliphatic carbocycles. The van der Waals surface area contributed by atoms with Crippen molar-refractivity contribution in [3.63, 3.8) is 0 Å². The number of amides is 1. The van der Waals surface area contributed by atoms with E-state index >= 15 is 0 Å². The largest absolute Gasteiger partial charge is 0.508 e. The Morgan fingerprint density at radius 2 is 2.32 bits per heavy atom. The second-order valence-electron chi connectivity index (χ2n) is 4.92.